The number of carbonyl (C=O) groups excluding carboxylic acids is 2. The summed E-state index contributed by atoms with van der Waals surface area (Å²) in [5, 5.41) is 0.0514. The molecule has 24 heavy (non-hydrogen) atoms. The summed E-state index contributed by atoms with van der Waals surface area (Å²) in [5.74, 6) is 0.111. The Labute approximate surface area is 150 Å². The zero-order valence-corrected chi connectivity index (χ0v) is 16.5. The third kappa shape index (κ3) is 3.61. The fourth-order valence-electron chi connectivity index (χ4n) is 3.13. The second-order valence-corrected chi connectivity index (χ2v) is 5.91. The van der Waals surface area contributed by atoms with E-state index in [9.17, 15) is 9.59 Å². The minimum atomic E-state index is -0.350. The largest absolute Gasteiger partial charge is 0.368 e. The summed E-state index contributed by atoms with van der Waals surface area (Å²) in [7, 11) is 0. The predicted octanol–water partition coefficient (Wildman–Crippen LogP) is 2.83. The van der Waals surface area contributed by atoms with Crippen LogP contribution in [0.4, 0.5) is 0 Å². The molecule has 136 valence electrons. The van der Waals surface area contributed by atoms with E-state index < -0.39 is 0 Å². The van der Waals surface area contributed by atoms with E-state index in [0.717, 1.165) is 26.2 Å². The van der Waals surface area contributed by atoms with Crippen LogP contribution in [0, 0.1) is 0 Å². The normalized spacial score (nSPS) is 14.5. The number of hydrogen-bond acceptors (Lipinski definition) is 5. The molecule has 0 radical (unpaired) electrons. The second kappa shape index (κ2) is 9.11. The van der Waals surface area contributed by atoms with Crippen LogP contribution in [0.3, 0.4) is 0 Å². The number of rotatable bonds is 9. The SMILES string of the molecule is CCN(CC)C1=C(Cl)C(=O)C(=C(N(CC)CC)N(CC)CC)C1=O. The lowest BCUT2D eigenvalue weighted by atomic mass is 10.1. The molecular weight excluding hydrogens is 326 g/mol. The molecule has 6 heteroatoms. The molecule has 0 aromatic carbocycles. The van der Waals surface area contributed by atoms with E-state index in [2.05, 4.69) is 9.80 Å². The Hall–Kier alpha value is -1.49. The van der Waals surface area contributed by atoms with Crippen LogP contribution in [-0.4, -0.2) is 65.5 Å². The first kappa shape index (κ1) is 20.6. The third-order valence-corrected chi connectivity index (χ3v) is 4.86. The van der Waals surface area contributed by atoms with Gasteiger partial charge < -0.3 is 14.7 Å². The minimum absolute atomic E-state index is 0.0514. The Balaban J connectivity index is 3.56. The van der Waals surface area contributed by atoms with Crippen LogP contribution in [0.1, 0.15) is 41.5 Å². The fourth-order valence-corrected chi connectivity index (χ4v) is 3.43. The van der Waals surface area contributed by atoms with Crippen molar-refractivity contribution in [3.05, 3.63) is 22.1 Å². The van der Waals surface area contributed by atoms with Gasteiger partial charge in [0, 0.05) is 39.3 Å². The van der Waals surface area contributed by atoms with Gasteiger partial charge in [-0.3, -0.25) is 9.59 Å². The van der Waals surface area contributed by atoms with E-state index in [1.807, 2.05) is 46.4 Å². The smallest absolute Gasteiger partial charge is 0.218 e. The second-order valence-electron chi connectivity index (χ2n) is 5.54. The molecule has 1 aliphatic rings. The van der Waals surface area contributed by atoms with E-state index in [0.29, 0.717) is 24.6 Å². The first-order valence-electron chi connectivity index (χ1n) is 8.91. The lowest BCUT2D eigenvalue weighted by molar-refractivity contribution is -0.116. The Kier molecular flexibility index (Phi) is 7.80. The van der Waals surface area contributed by atoms with Crippen LogP contribution < -0.4 is 0 Å². The van der Waals surface area contributed by atoms with Crippen LogP contribution in [0.15, 0.2) is 22.1 Å². The monoisotopic (exact) mass is 355 g/mol. The highest BCUT2D eigenvalue weighted by atomic mass is 35.5. The lowest BCUT2D eigenvalue weighted by Gasteiger charge is -2.34. The van der Waals surface area contributed by atoms with Crippen molar-refractivity contribution in [2.75, 3.05) is 39.3 Å². The van der Waals surface area contributed by atoms with E-state index in [4.69, 9.17) is 11.6 Å². The quantitative estimate of drug-likeness (QED) is 0.470. The maximum atomic E-state index is 13.1. The molecule has 0 aromatic rings. The standard InChI is InChI=1S/C18H30ClN3O2/c1-7-20(8-2)15-14(19)16(23)13(17(15)24)18(21(9-3)10-4)22(11-5)12-6/h7-12H2,1-6H3. The van der Waals surface area contributed by atoms with Crippen LogP contribution in [-0.2, 0) is 9.59 Å². The molecule has 1 rings (SSSR count). The number of likely N-dealkylation sites (N-methyl/N-ethyl adjacent to an activating group) is 1. The maximum Gasteiger partial charge on any atom is 0.218 e. The van der Waals surface area contributed by atoms with Crippen molar-refractivity contribution < 1.29 is 9.59 Å². The number of carbonyl (C=O) groups is 2. The summed E-state index contributed by atoms with van der Waals surface area (Å²) < 4.78 is 0. The molecule has 0 heterocycles. The highest BCUT2D eigenvalue weighted by Gasteiger charge is 2.41. The summed E-state index contributed by atoms with van der Waals surface area (Å²) in [4.78, 5) is 31.9. The van der Waals surface area contributed by atoms with Crippen molar-refractivity contribution in [2.24, 2.45) is 0 Å². The molecule has 0 saturated carbocycles. The van der Waals surface area contributed by atoms with Crippen molar-refractivity contribution in [1.29, 1.82) is 0 Å². The molecule has 0 spiro atoms. The molecule has 1 aliphatic carbocycles. The topological polar surface area (TPSA) is 43.9 Å². The highest BCUT2D eigenvalue weighted by Crippen LogP contribution is 2.33. The van der Waals surface area contributed by atoms with Gasteiger partial charge in [0.25, 0.3) is 0 Å². The first-order chi connectivity index (χ1) is 11.4. The molecule has 0 bridgehead atoms. The molecule has 0 amide bonds. The van der Waals surface area contributed by atoms with E-state index in [1.165, 1.54) is 0 Å². The van der Waals surface area contributed by atoms with Gasteiger partial charge in [-0.15, -0.1) is 0 Å². The number of ketones is 2. The zero-order chi connectivity index (χ0) is 18.4. The van der Waals surface area contributed by atoms with Gasteiger partial charge in [-0.05, 0) is 41.5 Å². The molecule has 0 fully saturated rings. The lowest BCUT2D eigenvalue weighted by Crippen LogP contribution is -2.38. The molecule has 0 atom stereocenters. The fraction of sp³-hybridized carbons (Fsp3) is 0.667. The average Bonchev–Trinajstić information content (AvgIpc) is 2.80. The van der Waals surface area contributed by atoms with Crippen LogP contribution in [0.5, 0.6) is 0 Å². The van der Waals surface area contributed by atoms with E-state index in [-0.39, 0.29) is 22.2 Å². The van der Waals surface area contributed by atoms with Gasteiger partial charge in [-0.25, -0.2) is 0 Å². The van der Waals surface area contributed by atoms with E-state index >= 15 is 0 Å². The Morgan fingerprint density at radius 2 is 1.17 bits per heavy atom. The maximum absolute atomic E-state index is 13.1. The molecule has 5 nitrogen and oxygen atoms in total. The molecular formula is C18H30ClN3O2. The predicted molar refractivity (Wildman–Crippen MR) is 98.7 cm³/mol. The van der Waals surface area contributed by atoms with E-state index in [1.54, 1.807) is 0 Å². The van der Waals surface area contributed by atoms with Crippen LogP contribution >= 0.6 is 11.6 Å². The number of Topliss-reactive ketones (excluding diaryl/α,β-unsaturated/α-hetero) is 2. The van der Waals surface area contributed by atoms with Crippen molar-refractivity contribution in [3.8, 4) is 0 Å². The van der Waals surface area contributed by atoms with Crippen molar-refractivity contribution in [2.45, 2.75) is 41.5 Å². The zero-order valence-electron chi connectivity index (χ0n) is 15.8. The van der Waals surface area contributed by atoms with Crippen molar-refractivity contribution in [3.63, 3.8) is 0 Å². The molecule has 0 aromatic heterocycles. The summed E-state index contributed by atoms with van der Waals surface area (Å²) >= 11 is 6.29. The molecule has 0 unspecified atom stereocenters. The number of allylic oxidation sites excluding steroid dienone is 2. The van der Waals surface area contributed by atoms with Gasteiger partial charge in [-0.1, -0.05) is 11.6 Å². The Morgan fingerprint density at radius 3 is 1.50 bits per heavy atom. The average molecular weight is 356 g/mol. The molecule has 0 aliphatic heterocycles. The Bertz CT molecular complexity index is 528. The van der Waals surface area contributed by atoms with Gasteiger partial charge >= 0.3 is 0 Å². The number of hydrogen-bond donors (Lipinski definition) is 0. The number of nitrogens with zero attached hydrogens (tertiary/aromatic N) is 3. The molecule has 0 saturated heterocycles. The molecule has 0 N–H and O–H groups in total. The van der Waals surface area contributed by atoms with Gasteiger partial charge in [0.1, 0.15) is 22.1 Å². The van der Waals surface area contributed by atoms with Crippen molar-refractivity contribution >= 4 is 23.2 Å². The third-order valence-electron chi connectivity index (χ3n) is 4.51. The van der Waals surface area contributed by atoms with Gasteiger partial charge in [-0.2, -0.15) is 0 Å². The Morgan fingerprint density at radius 1 is 0.750 bits per heavy atom. The van der Waals surface area contributed by atoms with Crippen LogP contribution in [0.2, 0.25) is 0 Å². The van der Waals surface area contributed by atoms with Crippen LogP contribution in [0.25, 0.3) is 0 Å². The summed E-state index contributed by atoms with van der Waals surface area (Å²) in [6.07, 6.45) is 0. The van der Waals surface area contributed by atoms with Crippen molar-refractivity contribution in [1.82, 2.24) is 14.7 Å². The summed E-state index contributed by atoms with van der Waals surface area (Å²) in [5.41, 5.74) is 0.563. The summed E-state index contributed by atoms with van der Waals surface area (Å²) in [6, 6.07) is 0. The van der Waals surface area contributed by atoms with Gasteiger partial charge in [0.2, 0.25) is 11.6 Å². The van der Waals surface area contributed by atoms with Gasteiger partial charge in [0.15, 0.2) is 0 Å². The number of halogens is 1. The minimum Gasteiger partial charge on any atom is -0.368 e. The highest BCUT2D eigenvalue weighted by molar-refractivity contribution is 6.55. The first-order valence-corrected chi connectivity index (χ1v) is 9.29. The van der Waals surface area contributed by atoms with Gasteiger partial charge in [0.05, 0.1) is 0 Å². The summed E-state index contributed by atoms with van der Waals surface area (Å²) in [6.45, 7) is 16.2.